The largest absolute Gasteiger partial charge is 0.449 e. The van der Waals surface area contributed by atoms with Gasteiger partial charge in [-0.25, -0.2) is 4.79 Å². The number of ether oxygens (including phenoxy) is 1. The fraction of sp³-hybridized carbons (Fsp3) is 0.0333. The van der Waals surface area contributed by atoms with E-state index in [4.69, 9.17) is 4.74 Å². The Morgan fingerprint density at radius 3 is 1.62 bits per heavy atom. The Bertz CT molecular complexity index is 1140. The zero-order chi connectivity index (χ0) is 22.0. The Morgan fingerprint density at radius 1 is 0.625 bits per heavy atom. The lowest BCUT2D eigenvalue weighted by molar-refractivity contribution is -0.140. The lowest BCUT2D eigenvalue weighted by atomic mass is 10.0. The summed E-state index contributed by atoms with van der Waals surface area (Å²) in [4.78, 5) is 13.4. The highest BCUT2D eigenvalue weighted by molar-refractivity contribution is 6.17. The Morgan fingerprint density at radius 2 is 1.09 bits per heavy atom. The van der Waals surface area contributed by atoms with Crippen molar-refractivity contribution in [1.29, 1.82) is 0 Å². The molecule has 0 bridgehead atoms. The van der Waals surface area contributed by atoms with E-state index in [9.17, 15) is 4.79 Å². The van der Waals surface area contributed by atoms with E-state index < -0.39 is 6.10 Å². The van der Waals surface area contributed by atoms with Crippen LogP contribution in [0.15, 0.2) is 133 Å². The molecule has 2 nitrogen and oxygen atoms in total. The molecular weight excluding hydrogens is 392 g/mol. The molecule has 4 rings (SSSR count). The molecule has 0 aliphatic carbocycles. The van der Waals surface area contributed by atoms with Gasteiger partial charge in [0.05, 0.1) is 5.57 Å². The van der Waals surface area contributed by atoms with E-state index in [0.717, 1.165) is 22.3 Å². The highest BCUT2D eigenvalue weighted by Crippen LogP contribution is 2.28. The molecule has 4 aromatic rings. The SMILES string of the molecule is O=C(OC(c1ccccc1)c1ccccc1)/C(=C/C=C/c1ccccc1)c1ccccc1. The van der Waals surface area contributed by atoms with E-state index in [1.165, 1.54) is 0 Å². The standard InChI is InChI=1S/C30H24O2/c31-30(32-29(26-19-9-3-10-20-26)27-21-11-4-12-22-27)28(25-17-7-2-8-18-25)23-13-16-24-14-5-1-6-15-24/h1-23,29H/b16-13+,28-23+. The van der Waals surface area contributed by atoms with Gasteiger partial charge in [-0.15, -0.1) is 0 Å². The minimum absolute atomic E-state index is 0.369. The molecule has 4 aromatic carbocycles. The molecule has 0 radical (unpaired) electrons. The van der Waals surface area contributed by atoms with Crippen molar-refractivity contribution in [2.45, 2.75) is 6.10 Å². The van der Waals surface area contributed by atoms with Gasteiger partial charge >= 0.3 is 5.97 Å². The average molecular weight is 417 g/mol. The molecule has 0 aromatic heterocycles. The molecule has 0 aliphatic rings. The van der Waals surface area contributed by atoms with Crippen molar-refractivity contribution in [2.75, 3.05) is 0 Å². The highest BCUT2D eigenvalue weighted by atomic mass is 16.5. The second-order valence-corrected chi connectivity index (χ2v) is 7.32. The van der Waals surface area contributed by atoms with Crippen LogP contribution in [0.25, 0.3) is 11.6 Å². The first-order valence-electron chi connectivity index (χ1n) is 10.6. The van der Waals surface area contributed by atoms with Crippen LogP contribution in [0.4, 0.5) is 0 Å². The minimum atomic E-state index is -0.491. The molecule has 0 saturated heterocycles. The fourth-order valence-electron chi connectivity index (χ4n) is 3.47. The smallest absolute Gasteiger partial charge is 0.339 e. The van der Waals surface area contributed by atoms with Crippen LogP contribution in [0.1, 0.15) is 28.4 Å². The van der Waals surface area contributed by atoms with Gasteiger partial charge in [0.25, 0.3) is 0 Å². The molecule has 0 N–H and O–H groups in total. The third-order valence-electron chi connectivity index (χ3n) is 5.09. The number of hydrogen-bond donors (Lipinski definition) is 0. The average Bonchev–Trinajstić information content (AvgIpc) is 2.87. The number of carbonyl (C=O) groups excluding carboxylic acids is 1. The molecule has 0 spiro atoms. The summed E-state index contributed by atoms with van der Waals surface area (Å²) in [5.41, 5.74) is 4.25. The van der Waals surface area contributed by atoms with Gasteiger partial charge in [0.2, 0.25) is 0 Å². The molecule has 0 amide bonds. The van der Waals surface area contributed by atoms with Gasteiger partial charge in [-0.2, -0.15) is 0 Å². The van der Waals surface area contributed by atoms with Crippen LogP contribution < -0.4 is 0 Å². The van der Waals surface area contributed by atoms with Crippen LogP contribution >= 0.6 is 0 Å². The van der Waals surface area contributed by atoms with E-state index in [-0.39, 0.29) is 5.97 Å². The van der Waals surface area contributed by atoms with Crippen molar-refractivity contribution in [3.05, 3.63) is 156 Å². The predicted octanol–water partition coefficient (Wildman–Crippen LogP) is 7.12. The summed E-state index contributed by atoms with van der Waals surface area (Å²) in [6.45, 7) is 0. The lowest BCUT2D eigenvalue weighted by Gasteiger charge is -2.20. The zero-order valence-electron chi connectivity index (χ0n) is 17.7. The van der Waals surface area contributed by atoms with E-state index in [1.807, 2.05) is 140 Å². The van der Waals surface area contributed by atoms with Crippen molar-refractivity contribution < 1.29 is 9.53 Å². The lowest BCUT2D eigenvalue weighted by Crippen LogP contribution is -2.14. The molecule has 0 fully saturated rings. The Labute approximate surface area is 189 Å². The highest BCUT2D eigenvalue weighted by Gasteiger charge is 2.22. The van der Waals surface area contributed by atoms with Crippen LogP contribution in [-0.2, 0) is 9.53 Å². The first kappa shape index (κ1) is 21.1. The van der Waals surface area contributed by atoms with Gasteiger partial charge in [-0.1, -0.05) is 133 Å². The number of esters is 1. The van der Waals surface area contributed by atoms with Crippen molar-refractivity contribution in [1.82, 2.24) is 0 Å². The topological polar surface area (TPSA) is 26.3 Å². The van der Waals surface area contributed by atoms with E-state index in [0.29, 0.717) is 5.57 Å². The van der Waals surface area contributed by atoms with E-state index >= 15 is 0 Å². The number of benzene rings is 4. The van der Waals surface area contributed by atoms with Crippen molar-refractivity contribution in [3.63, 3.8) is 0 Å². The summed E-state index contributed by atoms with van der Waals surface area (Å²) in [7, 11) is 0. The third kappa shape index (κ3) is 5.50. The molecular formula is C30H24O2. The quantitative estimate of drug-likeness (QED) is 0.182. The van der Waals surface area contributed by atoms with E-state index in [1.54, 1.807) is 0 Å². The Kier molecular flexibility index (Phi) is 7.07. The Hall–Kier alpha value is -4.17. The van der Waals surface area contributed by atoms with Gasteiger partial charge in [-0.05, 0) is 28.3 Å². The normalized spacial score (nSPS) is 11.6. The van der Waals surface area contributed by atoms with Crippen molar-refractivity contribution in [2.24, 2.45) is 0 Å². The van der Waals surface area contributed by atoms with Crippen LogP contribution in [-0.4, -0.2) is 5.97 Å². The second kappa shape index (κ2) is 10.7. The molecule has 0 atom stereocenters. The van der Waals surface area contributed by atoms with Gasteiger partial charge in [0.15, 0.2) is 6.10 Å². The number of carbonyl (C=O) groups is 1. The van der Waals surface area contributed by atoms with Crippen LogP contribution in [0.3, 0.4) is 0 Å². The first-order valence-corrected chi connectivity index (χ1v) is 10.6. The minimum Gasteiger partial charge on any atom is -0.449 e. The maximum atomic E-state index is 13.4. The van der Waals surface area contributed by atoms with Gasteiger partial charge in [-0.3, -0.25) is 0 Å². The molecule has 2 heteroatoms. The maximum absolute atomic E-state index is 13.4. The summed E-state index contributed by atoms with van der Waals surface area (Å²) >= 11 is 0. The maximum Gasteiger partial charge on any atom is 0.339 e. The van der Waals surface area contributed by atoms with Crippen LogP contribution in [0, 0.1) is 0 Å². The summed E-state index contributed by atoms with van der Waals surface area (Å²) in [5, 5.41) is 0. The predicted molar refractivity (Wildman–Crippen MR) is 131 cm³/mol. The first-order chi connectivity index (χ1) is 15.8. The van der Waals surface area contributed by atoms with Gasteiger partial charge in [0.1, 0.15) is 0 Å². The molecule has 0 saturated carbocycles. The van der Waals surface area contributed by atoms with Crippen molar-refractivity contribution in [3.8, 4) is 0 Å². The summed E-state index contributed by atoms with van der Waals surface area (Å²) in [5.74, 6) is -0.369. The third-order valence-corrected chi connectivity index (χ3v) is 5.09. The summed E-state index contributed by atoms with van der Waals surface area (Å²) in [6, 6.07) is 39.2. The number of allylic oxidation sites excluding steroid dienone is 2. The molecule has 0 unspecified atom stereocenters. The summed E-state index contributed by atoms with van der Waals surface area (Å²) < 4.78 is 6.10. The van der Waals surface area contributed by atoms with Crippen LogP contribution in [0.2, 0.25) is 0 Å². The fourth-order valence-corrected chi connectivity index (χ4v) is 3.47. The van der Waals surface area contributed by atoms with Gasteiger partial charge < -0.3 is 4.74 Å². The molecule has 0 heterocycles. The monoisotopic (exact) mass is 416 g/mol. The van der Waals surface area contributed by atoms with Gasteiger partial charge in [0, 0.05) is 0 Å². The van der Waals surface area contributed by atoms with Crippen molar-refractivity contribution >= 4 is 17.6 Å². The number of rotatable bonds is 7. The number of hydrogen-bond acceptors (Lipinski definition) is 2. The Balaban J connectivity index is 1.66. The molecule has 0 aliphatic heterocycles. The summed E-state index contributed by atoms with van der Waals surface area (Å²) in [6.07, 6.45) is 5.19. The molecule has 156 valence electrons. The van der Waals surface area contributed by atoms with E-state index in [2.05, 4.69) is 0 Å². The zero-order valence-corrected chi connectivity index (χ0v) is 17.7. The van der Waals surface area contributed by atoms with Crippen LogP contribution in [0.5, 0.6) is 0 Å². The molecule has 32 heavy (non-hydrogen) atoms. The second-order valence-electron chi connectivity index (χ2n) is 7.32.